The summed E-state index contributed by atoms with van der Waals surface area (Å²) in [7, 11) is 0. The van der Waals surface area contributed by atoms with Gasteiger partial charge in [-0.15, -0.1) is 0 Å². The van der Waals surface area contributed by atoms with Crippen molar-refractivity contribution in [2.75, 3.05) is 0 Å². The van der Waals surface area contributed by atoms with Crippen LogP contribution in [0.5, 0.6) is 11.5 Å². The summed E-state index contributed by atoms with van der Waals surface area (Å²) in [6, 6.07) is 2.31. The molecule has 1 aliphatic carbocycles. The number of Topliss-reactive ketones (excluding diaryl/α,β-unsaturated/α-hetero) is 1. The van der Waals surface area contributed by atoms with E-state index < -0.39 is 23.6 Å². The monoisotopic (exact) mass is 332 g/mol. The van der Waals surface area contributed by atoms with Gasteiger partial charge in [-0.2, -0.15) is 0 Å². The molecule has 128 valence electrons. The fourth-order valence-electron chi connectivity index (χ4n) is 2.78. The van der Waals surface area contributed by atoms with Crippen LogP contribution < -0.4 is 0 Å². The minimum absolute atomic E-state index is 0.0275. The Morgan fingerprint density at radius 3 is 2.33 bits per heavy atom. The largest absolute Gasteiger partial charge is 0.507 e. The SMILES string of the molecule is CCCCCC(OC(C)=O)C1=CC(=O)c2c(O)ccc(O)c2C1=O. The lowest BCUT2D eigenvalue weighted by Gasteiger charge is -2.23. The molecule has 2 rings (SSSR count). The first kappa shape index (κ1) is 17.7. The van der Waals surface area contributed by atoms with Gasteiger partial charge in [0, 0.05) is 12.5 Å². The van der Waals surface area contributed by atoms with Crippen molar-refractivity contribution in [3.8, 4) is 11.5 Å². The molecule has 1 atom stereocenters. The Morgan fingerprint density at radius 2 is 1.75 bits per heavy atom. The molecule has 0 fully saturated rings. The molecule has 24 heavy (non-hydrogen) atoms. The number of ketones is 2. The predicted molar refractivity (Wildman–Crippen MR) is 86.2 cm³/mol. The fourth-order valence-corrected chi connectivity index (χ4v) is 2.78. The van der Waals surface area contributed by atoms with Gasteiger partial charge in [-0.3, -0.25) is 14.4 Å². The number of phenols is 2. The molecule has 1 unspecified atom stereocenters. The number of benzene rings is 1. The molecule has 1 aliphatic rings. The van der Waals surface area contributed by atoms with E-state index in [9.17, 15) is 24.6 Å². The number of carbonyl (C=O) groups excluding carboxylic acids is 3. The third-order valence-electron chi connectivity index (χ3n) is 3.91. The number of fused-ring (bicyclic) bond motifs is 1. The second kappa shape index (κ2) is 7.29. The van der Waals surface area contributed by atoms with Crippen molar-refractivity contribution in [1.82, 2.24) is 0 Å². The third kappa shape index (κ3) is 3.48. The number of ether oxygens (including phenoxy) is 1. The number of hydrogen-bond donors (Lipinski definition) is 2. The molecule has 0 aliphatic heterocycles. The predicted octanol–water partition coefficient (Wildman–Crippen LogP) is 2.92. The van der Waals surface area contributed by atoms with Gasteiger partial charge >= 0.3 is 5.97 Å². The van der Waals surface area contributed by atoms with Gasteiger partial charge in [0.05, 0.1) is 11.1 Å². The normalized spacial score (nSPS) is 14.8. The molecule has 2 N–H and O–H groups in total. The van der Waals surface area contributed by atoms with Crippen molar-refractivity contribution in [2.24, 2.45) is 0 Å². The molecular weight excluding hydrogens is 312 g/mol. The molecule has 0 saturated heterocycles. The van der Waals surface area contributed by atoms with Crippen molar-refractivity contribution >= 4 is 17.5 Å². The van der Waals surface area contributed by atoms with Crippen LogP contribution in [0.4, 0.5) is 0 Å². The zero-order chi connectivity index (χ0) is 17.9. The zero-order valence-corrected chi connectivity index (χ0v) is 13.7. The highest BCUT2D eigenvalue weighted by Gasteiger charge is 2.35. The van der Waals surface area contributed by atoms with E-state index in [0.29, 0.717) is 6.42 Å². The van der Waals surface area contributed by atoms with Gasteiger partial charge in [0.25, 0.3) is 0 Å². The second-order valence-electron chi connectivity index (χ2n) is 5.74. The molecule has 0 aromatic heterocycles. The molecule has 0 saturated carbocycles. The smallest absolute Gasteiger partial charge is 0.303 e. The van der Waals surface area contributed by atoms with Gasteiger partial charge in [-0.05, 0) is 31.1 Å². The first-order valence-electron chi connectivity index (χ1n) is 7.89. The standard InChI is InChI=1S/C18H20O6/c1-3-4-5-6-15(24-10(2)19)11-9-14(22)16-12(20)7-8-13(21)17(16)18(11)23/h7-9,15,20-21H,3-6H2,1-2H3. The number of carbonyl (C=O) groups is 3. The van der Waals surface area contributed by atoms with Crippen LogP contribution in [0.15, 0.2) is 23.8 Å². The summed E-state index contributed by atoms with van der Waals surface area (Å²) in [5.41, 5.74) is -0.441. The van der Waals surface area contributed by atoms with Crippen LogP contribution in [-0.2, 0) is 9.53 Å². The van der Waals surface area contributed by atoms with E-state index in [4.69, 9.17) is 4.74 Å². The molecular formula is C18H20O6. The van der Waals surface area contributed by atoms with Gasteiger partial charge in [0.2, 0.25) is 0 Å². The molecule has 1 aromatic carbocycles. The van der Waals surface area contributed by atoms with Crippen molar-refractivity contribution in [1.29, 1.82) is 0 Å². The zero-order valence-electron chi connectivity index (χ0n) is 13.7. The van der Waals surface area contributed by atoms with Gasteiger partial charge in [-0.25, -0.2) is 0 Å². The van der Waals surface area contributed by atoms with E-state index in [-0.39, 0.29) is 28.2 Å². The van der Waals surface area contributed by atoms with Crippen molar-refractivity contribution in [3.05, 3.63) is 34.9 Å². The van der Waals surface area contributed by atoms with Crippen molar-refractivity contribution < 1.29 is 29.3 Å². The number of unbranched alkanes of at least 4 members (excludes halogenated alkanes) is 2. The maximum atomic E-state index is 12.7. The van der Waals surface area contributed by atoms with Gasteiger partial charge in [0.15, 0.2) is 11.6 Å². The fraction of sp³-hybridized carbons (Fsp3) is 0.389. The summed E-state index contributed by atoms with van der Waals surface area (Å²) in [4.78, 5) is 36.4. The number of rotatable bonds is 6. The van der Waals surface area contributed by atoms with E-state index in [1.807, 2.05) is 6.92 Å². The molecule has 1 aromatic rings. The first-order chi connectivity index (χ1) is 11.4. The summed E-state index contributed by atoms with van der Waals surface area (Å²) < 4.78 is 5.22. The van der Waals surface area contributed by atoms with Crippen LogP contribution in [0.1, 0.15) is 60.2 Å². The van der Waals surface area contributed by atoms with Crippen LogP contribution in [-0.4, -0.2) is 33.9 Å². The molecule has 0 amide bonds. The van der Waals surface area contributed by atoms with E-state index in [1.165, 1.54) is 6.92 Å². The van der Waals surface area contributed by atoms with Crippen LogP contribution in [0, 0.1) is 0 Å². The Labute approximate surface area is 139 Å². The highest BCUT2D eigenvalue weighted by atomic mass is 16.5. The maximum Gasteiger partial charge on any atom is 0.303 e. The average Bonchev–Trinajstić information content (AvgIpc) is 2.52. The molecule has 0 radical (unpaired) electrons. The van der Waals surface area contributed by atoms with E-state index in [0.717, 1.165) is 37.5 Å². The summed E-state index contributed by atoms with van der Waals surface area (Å²) in [6.07, 6.45) is 3.23. The first-order valence-corrected chi connectivity index (χ1v) is 7.89. The third-order valence-corrected chi connectivity index (χ3v) is 3.91. The van der Waals surface area contributed by atoms with Crippen LogP contribution >= 0.6 is 0 Å². The van der Waals surface area contributed by atoms with Gasteiger partial charge in [0.1, 0.15) is 17.6 Å². The summed E-state index contributed by atoms with van der Waals surface area (Å²) in [5, 5.41) is 19.8. The highest BCUT2D eigenvalue weighted by Crippen LogP contribution is 2.36. The van der Waals surface area contributed by atoms with E-state index >= 15 is 0 Å². The van der Waals surface area contributed by atoms with Crippen LogP contribution in [0.2, 0.25) is 0 Å². The number of esters is 1. The van der Waals surface area contributed by atoms with Crippen molar-refractivity contribution in [3.63, 3.8) is 0 Å². The second-order valence-corrected chi connectivity index (χ2v) is 5.74. The van der Waals surface area contributed by atoms with Crippen LogP contribution in [0.25, 0.3) is 0 Å². The average molecular weight is 332 g/mol. The van der Waals surface area contributed by atoms with Gasteiger partial charge < -0.3 is 14.9 Å². The maximum absolute atomic E-state index is 12.7. The Kier molecular flexibility index (Phi) is 5.39. The lowest BCUT2D eigenvalue weighted by atomic mass is 9.84. The number of allylic oxidation sites excluding steroid dienone is 1. The van der Waals surface area contributed by atoms with Crippen LogP contribution in [0.3, 0.4) is 0 Å². The minimum Gasteiger partial charge on any atom is -0.507 e. The van der Waals surface area contributed by atoms with Crippen molar-refractivity contribution in [2.45, 2.75) is 45.6 Å². The van der Waals surface area contributed by atoms with Gasteiger partial charge in [-0.1, -0.05) is 19.8 Å². The number of aromatic hydroxyl groups is 2. The number of hydrogen-bond acceptors (Lipinski definition) is 6. The Morgan fingerprint density at radius 1 is 1.12 bits per heavy atom. The topological polar surface area (TPSA) is 101 Å². The molecule has 6 heteroatoms. The molecule has 6 nitrogen and oxygen atoms in total. The Hall–Kier alpha value is -2.63. The van der Waals surface area contributed by atoms with E-state index in [2.05, 4.69) is 0 Å². The minimum atomic E-state index is -0.847. The molecule has 0 heterocycles. The lowest BCUT2D eigenvalue weighted by molar-refractivity contribution is -0.144. The lowest BCUT2D eigenvalue weighted by Crippen LogP contribution is -2.28. The molecule has 0 bridgehead atoms. The summed E-state index contributed by atoms with van der Waals surface area (Å²) in [5.74, 6) is -2.52. The Balaban J connectivity index is 2.42. The summed E-state index contributed by atoms with van der Waals surface area (Å²) >= 11 is 0. The van der Waals surface area contributed by atoms with E-state index in [1.54, 1.807) is 0 Å². The quantitative estimate of drug-likeness (QED) is 0.472. The summed E-state index contributed by atoms with van der Waals surface area (Å²) in [6.45, 7) is 3.26. The molecule has 0 spiro atoms. The number of phenolic OH excluding ortho intramolecular Hbond substituents is 2. The Bertz CT molecular complexity index is 716. The highest BCUT2D eigenvalue weighted by molar-refractivity contribution is 6.27.